The predicted molar refractivity (Wildman–Crippen MR) is 101 cm³/mol. The van der Waals surface area contributed by atoms with Gasteiger partial charge in [-0.2, -0.15) is 0 Å². The van der Waals surface area contributed by atoms with E-state index in [-0.39, 0.29) is 23.5 Å². The van der Waals surface area contributed by atoms with Crippen molar-refractivity contribution in [3.05, 3.63) is 23.3 Å². The molecule has 0 aromatic heterocycles. The highest BCUT2D eigenvalue weighted by Gasteiger charge is 2.39. The van der Waals surface area contributed by atoms with Gasteiger partial charge < -0.3 is 14.6 Å². The number of aliphatic hydroxyl groups excluding tert-OH is 1. The second-order valence-electron chi connectivity index (χ2n) is 8.99. The van der Waals surface area contributed by atoms with Gasteiger partial charge in [-0.25, -0.2) is 8.78 Å². The maximum Gasteiger partial charge on any atom is 0.272 e. The van der Waals surface area contributed by atoms with Gasteiger partial charge in [-0.1, -0.05) is 20.8 Å². The second kappa shape index (κ2) is 7.92. The van der Waals surface area contributed by atoms with Crippen LogP contribution >= 0.6 is 0 Å². The number of hydrogen-bond donors (Lipinski definition) is 1. The lowest BCUT2D eigenvalue weighted by atomic mass is 9.75. The van der Waals surface area contributed by atoms with Gasteiger partial charge in [-0.3, -0.25) is 4.90 Å². The molecular formula is C21H31F2NO3. The van der Waals surface area contributed by atoms with E-state index < -0.39 is 13.0 Å². The number of nitrogens with zero attached hydrogens (tertiary/aromatic N) is 1. The average molecular weight is 383 g/mol. The summed E-state index contributed by atoms with van der Waals surface area (Å²) in [4.78, 5) is 2.45. The molecule has 0 radical (unpaired) electrons. The Balaban J connectivity index is 1.82. The zero-order valence-electron chi connectivity index (χ0n) is 16.7. The van der Waals surface area contributed by atoms with Crippen molar-refractivity contribution in [2.75, 3.05) is 26.8 Å². The minimum atomic E-state index is -2.52. The number of hydrogen-bond acceptors (Lipinski definition) is 4. The fraction of sp³-hybridized carbons (Fsp3) is 0.714. The molecule has 0 saturated carbocycles. The maximum absolute atomic E-state index is 12.5. The number of piperidine rings is 1. The Kier molecular flexibility index (Phi) is 5.96. The minimum Gasteiger partial charge on any atom is -0.493 e. The number of methoxy groups -OCH3 is 1. The summed E-state index contributed by atoms with van der Waals surface area (Å²) in [6.45, 7) is 7.79. The SMILES string of the molecule is COc1cc2c(cc1OCC(F)F)CCN1CC(CC(C)(C)C)C(O)CC21. The first-order valence-corrected chi connectivity index (χ1v) is 9.72. The van der Waals surface area contributed by atoms with E-state index in [0.29, 0.717) is 17.9 Å². The molecule has 27 heavy (non-hydrogen) atoms. The summed E-state index contributed by atoms with van der Waals surface area (Å²) in [5.74, 6) is 1.12. The van der Waals surface area contributed by atoms with E-state index in [2.05, 4.69) is 25.7 Å². The van der Waals surface area contributed by atoms with Crippen molar-refractivity contribution in [2.24, 2.45) is 11.3 Å². The van der Waals surface area contributed by atoms with E-state index in [1.807, 2.05) is 12.1 Å². The molecule has 0 bridgehead atoms. The lowest BCUT2D eigenvalue weighted by Crippen LogP contribution is -2.48. The highest BCUT2D eigenvalue weighted by atomic mass is 19.3. The van der Waals surface area contributed by atoms with Gasteiger partial charge in [0.05, 0.1) is 13.2 Å². The summed E-state index contributed by atoms with van der Waals surface area (Å²) in [7, 11) is 1.52. The number of rotatable bonds is 5. The molecule has 3 unspecified atom stereocenters. The molecule has 6 heteroatoms. The van der Waals surface area contributed by atoms with Crippen molar-refractivity contribution in [1.82, 2.24) is 4.90 Å². The Labute approximate surface area is 160 Å². The number of alkyl halides is 2. The number of aliphatic hydroxyl groups is 1. The minimum absolute atomic E-state index is 0.137. The summed E-state index contributed by atoms with van der Waals surface area (Å²) in [5, 5.41) is 10.8. The third kappa shape index (κ3) is 4.72. The van der Waals surface area contributed by atoms with E-state index >= 15 is 0 Å². The third-order valence-corrected chi connectivity index (χ3v) is 5.61. The van der Waals surface area contributed by atoms with Crippen molar-refractivity contribution in [3.8, 4) is 11.5 Å². The third-order valence-electron chi connectivity index (χ3n) is 5.61. The molecule has 0 amide bonds. The van der Waals surface area contributed by atoms with Crippen LogP contribution in [0.25, 0.3) is 0 Å². The standard InChI is InChI=1S/C21H31F2NO3/c1-21(2,3)10-14-11-24-6-5-13-7-19(27-12-20(22)23)18(26-4)8-15(13)16(24)9-17(14)25/h7-8,14,16-17,20,25H,5-6,9-12H2,1-4H3. The van der Waals surface area contributed by atoms with Gasteiger partial charge in [0.25, 0.3) is 6.43 Å². The largest absolute Gasteiger partial charge is 0.493 e. The molecule has 1 aromatic carbocycles. The summed E-state index contributed by atoms with van der Waals surface area (Å²) in [6, 6.07) is 3.88. The van der Waals surface area contributed by atoms with E-state index in [4.69, 9.17) is 9.47 Å². The molecular weight excluding hydrogens is 352 g/mol. The summed E-state index contributed by atoms with van der Waals surface area (Å²) < 4.78 is 35.7. The average Bonchev–Trinajstić information content (AvgIpc) is 2.58. The molecule has 4 nitrogen and oxygen atoms in total. The summed E-state index contributed by atoms with van der Waals surface area (Å²) in [5.41, 5.74) is 2.41. The van der Waals surface area contributed by atoms with Gasteiger partial charge in [0.1, 0.15) is 6.61 Å². The van der Waals surface area contributed by atoms with Gasteiger partial charge in [0.2, 0.25) is 0 Å². The lowest BCUT2D eigenvalue weighted by Gasteiger charge is -2.47. The van der Waals surface area contributed by atoms with Crippen LogP contribution < -0.4 is 9.47 Å². The number of benzene rings is 1. The number of ether oxygens (including phenoxy) is 2. The molecule has 2 aliphatic heterocycles. The first kappa shape index (κ1) is 20.3. The molecule has 1 saturated heterocycles. The van der Waals surface area contributed by atoms with Gasteiger partial charge >= 0.3 is 0 Å². The van der Waals surface area contributed by atoms with Crippen LogP contribution in [0.2, 0.25) is 0 Å². The van der Waals surface area contributed by atoms with Crippen LogP contribution in [0, 0.1) is 11.3 Å². The Morgan fingerprint density at radius 2 is 2.00 bits per heavy atom. The van der Waals surface area contributed by atoms with Crippen molar-refractivity contribution in [3.63, 3.8) is 0 Å². The van der Waals surface area contributed by atoms with E-state index in [9.17, 15) is 13.9 Å². The fourth-order valence-electron chi connectivity index (χ4n) is 4.51. The van der Waals surface area contributed by atoms with Crippen molar-refractivity contribution in [1.29, 1.82) is 0 Å². The summed E-state index contributed by atoms with van der Waals surface area (Å²) >= 11 is 0. The van der Waals surface area contributed by atoms with Crippen LogP contribution in [0.3, 0.4) is 0 Å². The first-order valence-electron chi connectivity index (χ1n) is 9.72. The van der Waals surface area contributed by atoms with E-state index in [1.54, 1.807) is 0 Å². The quantitative estimate of drug-likeness (QED) is 0.833. The lowest BCUT2D eigenvalue weighted by molar-refractivity contribution is -0.0259. The Hall–Kier alpha value is -1.40. The maximum atomic E-state index is 12.5. The van der Waals surface area contributed by atoms with Gasteiger partial charge in [0, 0.05) is 19.1 Å². The summed E-state index contributed by atoms with van der Waals surface area (Å²) in [6.07, 6.45) is -0.326. The fourth-order valence-corrected chi connectivity index (χ4v) is 4.51. The number of halogens is 2. The molecule has 1 aromatic rings. The zero-order chi connectivity index (χ0) is 19.8. The van der Waals surface area contributed by atoms with Crippen LogP contribution in [-0.4, -0.2) is 49.3 Å². The first-order chi connectivity index (χ1) is 12.7. The molecule has 152 valence electrons. The molecule has 2 aliphatic rings. The van der Waals surface area contributed by atoms with Gasteiger partial charge in [0.15, 0.2) is 11.5 Å². The Morgan fingerprint density at radius 1 is 1.26 bits per heavy atom. The molecule has 2 heterocycles. The van der Waals surface area contributed by atoms with Crippen molar-refractivity contribution >= 4 is 0 Å². The Morgan fingerprint density at radius 3 is 2.63 bits per heavy atom. The molecule has 1 N–H and O–H groups in total. The topological polar surface area (TPSA) is 41.9 Å². The highest BCUT2D eigenvalue weighted by molar-refractivity contribution is 5.49. The second-order valence-corrected chi connectivity index (χ2v) is 8.99. The Bertz CT molecular complexity index is 660. The zero-order valence-corrected chi connectivity index (χ0v) is 16.7. The monoisotopic (exact) mass is 383 g/mol. The highest BCUT2D eigenvalue weighted by Crippen LogP contribution is 2.44. The molecule has 1 fully saturated rings. The van der Waals surface area contributed by atoms with E-state index in [1.165, 1.54) is 7.11 Å². The predicted octanol–water partition coefficient (Wildman–Crippen LogP) is 4.06. The number of fused-ring (bicyclic) bond motifs is 3. The molecule has 0 spiro atoms. The van der Waals surface area contributed by atoms with Crippen LogP contribution in [-0.2, 0) is 6.42 Å². The van der Waals surface area contributed by atoms with Crippen LogP contribution in [0.1, 0.15) is 50.8 Å². The smallest absolute Gasteiger partial charge is 0.272 e. The van der Waals surface area contributed by atoms with Gasteiger partial charge in [-0.05, 0) is 53.9 Å². The van der Waals surface area contributed by atoms with Crippen molar-refractivity contribution < 1.29 is 23.4 Å². The van der Waals surface area contributed by atoms with E-state index in [0.717, 1.165) is 37.1 Å². The normalized spacial score (nSPS) is 25.9. The molecule has 3 rings (SSSR count). The van der Waals surface area contributed by atoms with Gasteiger partial charge in [-0.15, -0.1) is 0 Å². The van der Waals surface area contributed by atoms with Crippen molar-refractivity contribution in [2.45, 2.75) is 58.6 Å². The van der Waals surface area contributed by atoms with Crippen LogP contribution in [0.5, 0.6) is 11.5 Å². The van der Waals surface area contributed by atoms with Crippen LogP contribution in [0.4, 0.5) is 8.78 Å². The molecule has 3 atom stereocenters. The van der Waals surface area contributed by atoms with Crippen LogP contribution in [0.15, 0.2) is 12.1 Å². The molecule has 0 aliphatic carbocycles.